The third-order valence-electron chi connectivity index (χ3n) is 4.49. The highest BCUT2D eigenvalue weighted by molar-refractivity contribution is 5.94. The first-order chi connectivity index (χ1) is 15.2. The fraction of sp³-hybridized carbons (Fsp3) is 0.593. The average molecular weight is 431 g/mol. The second-order valence-corrected chi connectivity index (χ2v) is 7.18. The molecular weight excluding hydrogens is 388 g/mol. The lowest BCUT2D eigenvalue weighted by Crippen LogP contribution is -2.28. The Morgan fingerprint density at radius 2 is 1.29 bits per heavy atom. The predicted octanol–water partition coefficient (Wildman–Crippen LogP) is 7.03. The maximum atomic E-state index is 11.9. The molecule has 174 valence electrons. The lowest BCUT2D eigenvalue weighted by atomic mass is 10.0. The topological polar surface area (TPSA) is 52.6 Å². The van der Waals surface area contributed by atoms with Crippen LogP contribution in [0.25, 0.3) is 0 Å². The largest absolute Gasteiger partial charge is 0.465 e. The van der Waals surface area contributed by atoms with Crippen LogP contribution in [-0.2, 0) is 19.1 Å². The molecule has 0 aliphatic rings. The quantitative estimate of drug-likeness (QED) is 0.0770. The van der Waals surface area contributed by atoms with Gasteiger partial charge in [0.2, 0.25) is 0 Å². The summed E-state index contributed by atoms with van der Waals surface area (Å²) in [6, 6.07) is 0. The van der Waals surface area contributed by atoms with Crippen molar-refractivity contribution in [1.29, 1.82) is 0 Å². The number of ether oxygens (including phenoxy) is 2. The summed E-state index contributed by atoms with van der Waals surface area (Å²) < 4.78 is 9.97. The molecule has 0 saturated carbocycles. The van der Waals surface area contributed by atoms with Gasteiger partial charge >= 0.3 is 11.9 Å². The van der Waals surface area contributed by atoms with E-state index < -0.39 is 17.9 Å². The van der Waals surface area contributed by atoms with Crippen molar-refractivity contribution in [2.24, 2.45) is 5.92 Å². The first-order valence-electron chi connectivity index (χ1n) is 11.8. The molecule has 0 heterocycles. The Kier molecular flexibility index (Phi) is 20.7. The van der Waals surface area contributed by atoms with Gasteiger partial charge in [-0.2, -0.15) is 0 Å². The van der Waals surface area contributed by atoms with Gasteiger partial charge in [-0.05, 0) is 77.4 Å². The minimum absolute atomic E-state index is 0.272. The van der Waals surface area contributed by atoms with Crippen LogP contribution >= 0.6 is 0 Å². The van der Waals surface area contributed by atoms with Crippen LogP contribution in [0.4, 0.5) is 0 Å². The molecule has 0 aliphatic heterocycles. The van der Waals surface area contributed by atoms with E-state index in [0.717, 1.165) is 44.9 Å². The van der Waals surface area contributed by atoms with Gasteiger partial charge in [-0.25, -0.2) is 0 Å². The third kappa shape index (κ3) is 18.2. The van der Waals surface area contributed by atoms with Crippen molar-refractivity contribution >= 4 is 11.9 Å². The molecule has 0 atom stereocenters. The van der Waals surface area contributed by atoms with E-state index >= 15 is 0 Å². The standard InChI is InChI=1S/C27H42O4/c1-4-7-8-9-10-11-12-13-14-15-16-17-18-19-20-21-22-23-24-25(26(28)30-5-2)27(29)31-6-3/h9,11,13-14,16-17,19-20,25H,4-8,12,15,18,21-24H2,1-3H3/b14-13+,17-16+,20-19+. The van der Waals surface area contributed by atoms with Crippen LogP contribution < -0.4 is 0 Å². The Labute approximate surface area is 189 Å². The molecule has 0 unspecified atom stereocenters. The van der Waals surface area contributed by atoms with E-state index in [4.69, 9.17) is 9.47 Å². The molecule has 0 aromatic rings. The zero-order chi connectivity index (χ0) is 23.0. The van der Waals surface area contributed by atoms with E-state index in [9.17, 15) is 9.59 Å². The minimum atomic E-state index is -0.799. The van der Waals surface area contributed by atoms with Crippen LogP contribution in [0.1, 0.15) is 85.0 Å². The maximum absolute atomic E-state index is 11.9. The van der Waals surface area contributed by atoms with Crippen molar-refractivity contribution in [2.45, 2.75) is 85.0 Å². The molecule has 0 fully saturated rings. The molecule has 4 heteroatoms. The van der Waals surface area contributed by atoms with Gasteiger partial charge in [0.1, 0.15) is 0 Å². The van der Waals surface area contributed by atoms with Crippen molar-refractivity contribution in [3.05, 3.63) is 54.3 Å². The Morgan fingerprint density at radius 3 is 1.87 bits per heavy atom. The first-order valence-corrected chi connectivity index (χ1v) is 11.8. The summed E-state index contributed by atoms with van der Waals surface area (Å²) in [6.45, 7) is 6.22. The van der Waals surface area contributed by atoms with Crippen LogP contribution in [0.5, 0.6) is 0 Å². The normalized spacial score (nSPS) is 11.4. The van der Waals surface area contributed by atoms with Crippen molar-refractivity contribution in [3.63, 3.8) is 0 Å². The van der Waals surface area contributed by atoms with Gasteiger partial charge in [-0.3, -0.25) is 9.59 Å². The fourth-order valence-electron chi connectivity index (χ4n) is 2.79. The van der Waals surface area contributed by atoms with Gasteiger partial charge in [-0.1, -0.05) is 56.2 Å². The zero-order valence-electron chi connectivity index (χ0n) is 19.8. The van der Waals surface area contributed by atoms with Gasteiger partial charge in [-0.15, -0.1) is 5.73 Å². The molecule has 0 aliphatic carbocycles. The molecule has 0 saturated heterocycles. The van der Waals surface area contributed by atoms with E-state index in [-0.39, 0.29) is 13.2 Å². The van der Waals surface area contributed by atoms with Gasteiger partial charge in [0.25, 0.3) is 0 Å². The third-order valence-corrected chi connectivity index (χ3v) is 4.49. The lowest BCUT2D eigenvalue weighted by molar-refractivity contribution is -0.161. The van der Waals surface area contributed by atoms with Crippen molar-refractivity contribution in [3.8, 4) is 0 Å². The maximum Gasteiger partial charge on any atom is 0.320 e. The second-order valence-electron chi connectivity index (χ2n) is 7.18. The van der Waals surface area contributed by atoms with E-state index in [2.05, 4.69) is 61.3 Å². The van der Waals surface area contributed by atoms with Crippen molar-refractivity contribution in [2.75, 3.05) is 13.2 Å². The number of hydrogen-bond donors (Lipinski definition) is 0. The van der Waals surface area contributed by atoms with Gasteiger partial charge in [0.05, 0.1) is 13.2 Å². The lowest BCUT2D eigenvalue weighted by Gasteiger charge is -2.13. The molecular formula is C27H42O4. The molecule has 0 aromatic heterocycles. The molecule has 0 amide bonds. The summed E-state index contributed by atoms with van der Waals surface area (Å²) in [5, 5.41) is 0. The molecule has 0 radical (unpaired) electrons. The summed E-state index contributed by atoms with van der Waals surface area (Å²) in [7, 11) is 0. The van der Waals surface area contributed by atoms with Gasteiger partial charge in [0, 0.05) is 0 Å². The van der Waals surface area contributed by atoms with Gasteiger partial charge in [0.15, 0.2) is 5.92 Å². The highest BCUT2D eigenvalue weighted by Crippen LogP contribution is 2.14. The van der Waals surface area contributed by atoms with E-state index in [1.54, 1.807) is 13.8 Å². The molecule has 31 heavy (non-hydrogen) atoms. The molecule has 0 rings (SSSR count). The van der Waals surface area contributed by atoms with E-state index in [0.29, 0.717) is 6.42 Å². The first kappa shape index (κ1) is 28.7. The van der Waals surface area contributed by atoms with Crippen LogP contribution in [0.2, 0.25) is 0 Å². The van der Waals surface area contributed by atoms with E-state index in [1.165, 1.54) is 12.8 Å². The Morgan fingerprint density at radius 1 is 0.710 bits per heavy atom. The highest BCUT2D eigenvalue weighted by Gasteiger charge is 2.28. The van der Waals surface area contributed by atoms with Crippen LogP contribution in [0.15, 0.2) is 54.3 Å². The molecule has 0 spiro atoms. The summed E-state index contributed by atoms with van der Waals surface area (Å²) in [6.07, 6.45) is 26.7. The Hall–Kier alpha value is -2.32. The Bertz CT molecular complexity index is 589. The molecule has 4 nitrogen and oxygen atoms in total. The fourth-order valence-corrected chi connectivity index (χ4v) is 2.79. The number of rotatable bonds is 18. The van der Waals surface area contributed by atoms with Gasteiger partial charge < -0.3 is 9.47 Å². The molecule has 0 N–H and O–H groups in total. The van der Waals surface area contributed by atoms with Crippen LogP contribution in [0, 0.1) is 5.92 Å². The second kappa shape index (κ2) is 22.4. The summed E-state index contributed by atoms with van der Waals surface area (Å²) in [5.74, 6) is -1.75. The zero-order valence-corrected chi connectivity index (χ0v) is 19.8. The van der Waals surface area contributed by atoms with E-state index in [1.807, 2.05) is 0 Å². The minimum Gasteiger partial charge on any atom is -0.465 e. The Balaban J connectivity index is 3.89. The number of carbonyl (C=O) groups excluding carboxylic acids is 2. The monoisotopic (exact) mass is 430 g/mol. The summed E-state index contributed by atoms with van der Waals surface area (Å²) in [5.41, 5.74) is 3.21. The number of allylic oxidation sites excluding steroid dienone is 7. The smallest absolute Gasteiger partial charge is 0.320 e. The number of unbranched alkanes of at least 4 members (excludes halogenated alkanes) is 4. The van der Waals surface area contributed by atoms with Crippen molar-refractivity contribution in [1.82, 2.24) is 0 Å². The average Bonchev–Trinajstić information content (AvgIpc) is 2.75. The highest BCUT2D eigenvalue weighted by atomic mass is 16.6. The number of esters is 2. The molecule has 0 bridgehead atoms. The van der Waals surface area contributed by atoms with Crippen LogP contribution in [0.3, 0.4) is 0 Å². The summed E-state index contributed by atoms with van der Waals surface area (Å²) in [4.78, 5) is 23.8. The SMILES string of the molecule is CCCCC=C=CC/C=C/C/C=C/C/C=C/CCCCC(C(=O)OCC)C(=O)OCC. The number of hydrogen-bond acceptors (Lipinski definition) is 4. The van der Waals surface area contributed by atoms with Crippen LogP contribution in [-0.4, -0.2) is 25.2 Å². The predicted molar refractivity (Wildman–Crippen MR) is 129 cm³/mol. The van der Waals surface area contributed by atoms with Crippen molar-refractivity contribution < 1.29 is 19.1 Å². The molecule has 0 aromatic carbocycles. The number of carbonyl (C=O) groups is 2. The summed E-state index contributed by atoms with van der Waals surface area (Å²) >= 11 is 0.